The lowest BCUT2D eigenvalue weighted by Crippen LogP contribution is -2.41. The van der Waals surface area contributed by atoms with E-state index in [9.17, 15) is 9.90 Å². The van der Waals surface area contributed by atoms with Crippen molar-refractivity contribution in [1.82, 2.24) is 4.90 Å². The van der Waals surface area contributed by atoms with E-state index in [4.69, 9.17) is 4.74 Å². The molecule has 2 atom stereocenters. The summed E-state index contributed by atoms with van der Waals surface area (Å²) in [5.41, 5.74) is 0. The van der Waals surface area contributed by atoms with Crippen molar-refractivity contribution >= 4 is 5.97 Å². The average molecular weight is 255 g/mol. The molecule has 1 N–H and O–H groups in total. The van der Waals surface area contributed by atoms with Crippen molar-refractivity contribution in [3.8, 4) is 0 Å². The third-order valence-electron chi connectivity index (χ3n) is 4.36. The highest BCUT2D eigenvalue weighted by atomic mass is 16.5. The molecule has 2 unspecified atom stereocenters. The number of nitrogens with zero attached hydrogens (tertiary/aromatic N) is 1. The fourth-order valence-electron chi connectivity index (χ4n) is 3.42. The van der Waals surface area contributed by atoms with Gasteiger partial charge in [-0.05, 0) is 31.7 Å². The molecule has 1 saturated carbocycles. The molecular formula is C14H25NO3. The van der Waals surface area contributed by atoms with E-state index >= 15 is 0 Å². The van der Waals surface area contributed by atoms with Crippen molar-refractivity contribution in [3.05, 3.63) is 0 Å². The van der Waals surface area contributed by atoms with E-state index in [-0.39, 0.29) is 18.1 Å². The second-order valence-electron chi connectivity index (χ2n) is 5.72. The van der Waals surface area contributed by atoms with Crippen molar-refractivity contribution in [2.75, 3.05) is 20.2 Å². The molecule has 104 valence electrons. The van der Waals surface area contributed by atoms with Crippen LogP contribution in [0.25, 0.3) is 0 Å². The van der Waals surface area contributed by atoms with Gasteiger partial charge in [0.15, 0.2) is 0 Å². The van der Waals surface area contributed by atoms with Gasteiger partial charge in [-0.25, -0.2) is 0 Å². The second-order valence-corrected chi connectivity index (χ2v) is 5.72. The molecule has 4 heteroatoms. The summed E-state index contributed by atoms with van der Waals surface area (Å²) in [6, 6.07) is -0.131. The van der Waals surface area contributed by atoms with Crippen molar-refractivity contribution in [3.63, 3.8) is 0 Å². The molecule has 0 spiro atoms. The number of aliphatic hydroxyl groups is 1. The topological polar surface area (TPSA) is 49.8 Å². The van der Waals surface area contributed by atoms with Crippen LogP contribution in [0.1, 0.15) is 44.9 Å². The molecule has 1 aliphatic heterocycles. The maximum absolute atomic E-state index is 11.6. The molecule has 1 heterocycles. The minimum absolute atomic E-state index is 0.131. The van der Waals surface area contributed by atoms with E-state index in [0.717, 1.165) is 25.8 Å². The smallest absolute Gasteiger partial charge is 0.323 e. The summed E-state index contributed by atoms with van der Waals surface area (Å²) in [5.74, 6) is 0.541. The molecule has 0 aromatic heterocycles. The number of hydrogen-bond donors (Lipinski definition) is 1. The van der Waals surface area contributed by atoms with E-state index in [0.29, 0.717) is 12.5 Å². The van der Waals surface area contributed by atoms with Crippen molar-refractivity contribution in [2.45, 2.75) is 57.1 Å². The number of aliphatic hydroxyl groups excluding tert-OH is 1. The van der Waals surface area contributed by atoms with E-state index < -0.39 is 0 Å². The zero-order chi connectivity index (χ0) is 13.0. The van der Waals surface area contributed by atoms with Crippen molar-refractivity contribution in [1.29, 1.82) is 0 Å². The number of ether oxygens (including phenoxy) is 1. The molecule has 2 fully saturated rings. The standard InChI is InChI=1S/C14H25NO3/c1-18-14(17)13-7-4-8-15(13)10-12(16)9-11-5-2-3-6-11/h11-13,16H,2-10H2,1H3. The summed E-state index contributed by atoms with van der Waals surface area (Å²) in [5, 5.41) is 10.1. The van der Waals surface area contributed by atoms with Crippen LogP contribution in [0.4, 0.5) is 0 Å². The Balaban J connectivity index is 1.78. The van der Waals surface area contributed by atoms with Crippen molar-refractivity contribution in [2.24, 2.45) is 5.92 Å². The van der Waals surface area contributed by atoms with Gasteiger partial charge in [-0.1, -0.05) is 25.7 Å². The summed E-state index contributed by atoms with van der Waals surface area (Å²) in [7, 11) is 1.44. The fourth-order valence-corrected chi connectivity index (χ4v) is 3.42. The maximum Gasteiger partial charge on any atom is 0.323 e. The Bertz CT molecular complexity index is 276. The Morgan fingerprint density at radius 3 is 2.72 bits per heavy atom. The first-order chi connectivity index (χ1) is 8.70. The fraction of sp³-hybridized carbons (Fsp3) is 0.929. The van der Waals surface area contributed by atoms with Crippen LogP contribution < -0.4 is 0 Å². The molecule has 2 rings (SSSR count). The third kappa shape index (κ3) is 3.45. The lowest BCUT2D eigenvalue weighted by molar-refractivity contribution is -0.146. The highest BCUT2D eigenvalue weighted by Gasteiger charge is 2.33. The van der Waals surface area contributed by atoms with Crippen LogP contribution in [0.15, 0.2) is 0 Å². The highest BCUT2D eigenvalue weighted by molar-refractivity contribution is 5.75. The Morgan fingerprint density at radius 1 is 1.33 bits per heavy atom. The summed E-state index contributed by atoms with van der Waals surface area (Å²) in [6.45, 7) is 1.53. The van der Waals surface area contributed by atoms with Crippen LogP contribution in [0.2, 0.25) is 0 Å². The Morgan fingerprint density at radius 2 is 2.06 bits per heavy atom. The first-order valence-electron chi connectivity index (χ1n) is 7.20. The van der Waals surface area contributed by atoms with Crippen LogP contribution in [0.3, 0.4) is 0 Å². The first-order valence-corrected chi connectivity index (χ1v) is 7.20. The van der Waals surface area contributed by atoms with Gasteiger partial charge in [0.25, 0.3) is 0 Å². The quantitative estimate of drug-likeness (QED) is 0.758. The molecular weight excluding hydrogens is 230 g/mol. The molecule has 0 bridgehead atoms. The lowest BCUT2D eigenvalue weighted by Gasteiger charge is -2.26. The minimum Gasteiger partial charge on any atom is -0.468 e. The predicted molar refractivity (Wildman–Crippen MR) is 69.2 cm³/mol. The molecule has 4 nitrogen and oxygen atoms in total. The molecule has 1 saturated heterocycles. The molecule has 0 amide bonds. The molecule has 0 radical (unpaired) electrons. The largest absolute Gasteiger partial charge is 0.468 e. The van der Waals surface area contributed by atoms with Crippen molar-refractivity contribution < 1.29 is 14.6 Å². The summed E-state index contributed by atoms with van der Waals surface area (Å²) in [4.78, 5) is 13.7. The average Bonchev–Trinajstić information content (AvgIpc) is 2.99. The Kier molecular flexibility index (Phi) is 5.01. The number of likely N-dealkylation sites (tertiary alicyclic amines) is 1. The number of carbonyl (C=O) groups excluding carboxylic acids is 1. The number of hydrogen-bond acceptors (Lipinski definition) is 4. The van der Waals surface area contributed by atoms with Gasteiger partial charge in [0, 0.05) is 6.54 Å². The SMILES string of the molecule is COC(=O)C1CCCN1CC(O)CC1CCCC1. The maximum atomic E-state index is 11.6. The van der Waals surface area contributed by atoms with Gasteiger partial charge in [-0.2, -0.15) is 0 Å². The Labute approximate surface area is 109 Å². The third-order valence-corrected chi connectivity index (χ3v) is 4.36. The number of methoxy groups -OCH3 is 1. The summed E-state index contributed by atoms with van der Waals surface area (Å²) in [6.07, 6.45) is 7.63. The normalized spacial score (nSPS) is 27.6. The number of esters is 1. The number of β-amino-alcohol motifs (C(OH)–C–C–N with tert-alkyl or cyclic N) is 1. The Hall–Kier alpha value is -0.610. The zero-order valence-corrected chi connectivity index (χ0v) is 11.3. The van der Waals surface area contributed by atoms with Crippen LogP contribution in [0, 0.1) is 5.92 Å². The van der Waals surface area contributed by atoms with Gasteiger partial charge >= 0.3 is 5.97 Å². The van der Waals surface area contributed by atoms with Gasteiger partial charge in [-0.15, -0.1) is 0 Å². The summed E-state index contributed by atoms with van der Waals surface area (Å²) >= 11 is 0. The first kappa shape index (κ1) is 13.8. The number of carbonyl (C=O) groups is 1. The van der Waals surface area contributed by atoms with Gasteiger partial charge in [0.1, 0.15) is 6.04 Å². The van der Waals surface area contributed by atoms with Crippen LogP contribution in [-0.2, 0) is 9.53 Å². The lowest BCUT2D eigenvalue weighted by atomic mass is 10.00. The van der Waals surface area contributed by atoms with Crippen LogP contribution >= 0.6 is 0 Å². The second kappa shape index (κ2) is 6.53. The zero-order valence-electron chi connectivity index (χ0n) is 11.3. The highest BCUT2D eigenvalue weighted by Crippen LogP contribution is 2.29. The molecule has 2 aliphatic rings. The van der Waals surface area contributed by atoms with Crippen LogP contribution in [-0.4, -0.2) is 48.3 Å². The summed E-state index contributed by atoms with van der Waals surface area (Å²) < 4.78 is 4.82. The molecule has 0 aromatic carbocycles. The minimum atomic E-state index is -0.293. The predicted octanol–water partition coefficient (Wildman–Crippen LogP) is 1.56. The number of rotatable bonds is 5. The molecule has 0 aromatic rings. The van der Waals surface area contributed by atoms with E-state index in [1.54, 1.807) is 0 Å². The molecule has 1 aliphatic carbocycles. The van der Waals surface area contributed by atoms with E-state index in [2.05, 4.69) is 4.90 Å². The van der Waals surface area contributed by atoms with Gasteiger partial charge in [0.2, 0.25) is 0 Å². The monoisotopic (exact) mass is 255 g/mol. The van der Waals surface area contributed by atoms with Gasteiger partial charge < -0.3 is 9.84 Å². The van der Waals surface area contributed by atoms with E-state index in [1.807, 2.05) is 0 Å². The van der Waals surface area contributed by atoms with E-state index in [1.165, 1.54) is 32.8 Å². The molecule has 18 heavy (non-hydrogen) atoms. The van der Waals surface area contributed by atoms with Gasteiger partial charge in [0.05, 0.1) is 13.2 Å². The van der Waals surface area contributed by atoms with Crippen LogP contribution in [0.5, 0.6) is 0 Å². The van der Waals surface area contributed by atoms with Gasteiger partial charge in [-0.3, -0.25) is 9.69 Å².